The summed E-state index contributed by atoms with van der Waals surface area (Å²) in [5, 5.41) is 0. The number of esters is 1. The summed E-state index contributed by atoms with van der Waals surface area (Å²) in [6, 6.07) is 11.0. The van der Waals surface area contributed by atoms with E-state index in [4.69, 9.17) is 4.74 Å². The molecule has 0 N–H and O–H groups in total. The predicted octanol–water partition coefficient (Wildman–Crippen LogP) is 2.38. The van der Waals surface area contributed by atoms with E-state index in [0.717, 1.165) is 19.6 Å². The van der Waals surface area contributed by atoms with E-state index in [2.05, 4.69) is 17.0 Å². The summed E-state index contributed by atoms with van der Waals surface area (Å²) in [7, 11) is 0. The van der Waals surface area contributed by atoms with Gasteiger partial charge < -0.3 is 9.64 Å². The molecule has 5 nitrogen and oxygen atoms in total. The second-order valence-corrected chi connectivity index (χ2v) is 6.54. The van der Waals surface area contributed by atoms with Crippen LogP contribution in [0.5, 0.6) is 0 Å². The number of hydrogen-bond donors (Lipinski definition) is 0. The molecule has 1 aromatic rings. The molecule has 0 spiro atoms. The number of rotatable bonds is 6. The third kappa shape index (κ3) is 4.15. The molecule has 0 bridgehead atoms. The summed E-state index contributed by atoms with van der Waals surface area (Å²) in [6.07, 6.45) is 2.94. The Morgan fingerprint density at radius 2 is 1.88 bits per heavy atom. The van der Waals surface area contributed by atoms with Crippen LogP contribution < -0.4 is 0 Å². The van der Waals surface area contributed by atoms with E-state index in [1.54, 1.807) is 6.92 Å². The molecule has 2 fully saturated rings. The van der Waals surface area contributed by atoms with Gasteiger partial charge in [0.2, 0.25) is 5.91 Å². The van der Waals surface area contributed by atoms with Gasteiger partial charge in [0.15, 0.2) is 0 Å². The standard InChI is InChI=1S/C19H26N2O3/c1-2-24-19(23)11-10-18(22)21-13-12-20(16-8-9-16)14-17(21)15-6-4-3-5-7-15/h3-7,16-17H,2,8-14H2,1H3. The Bertz CT molecular complexity index is 571. The van der Waals surface area contributed by atoms with Gasteiger partial charge in [0.05, 0.1) is 19.1 Å². The van der Waals surface area contributed by atoms with Crippen molar-refractivity contribution in [2.24, 2.45) is 0 Å². The molecule has 1 atom stereocenters. The summed E-state index contributed by atoms with van der Waals surface area (Å²) in [6.45, 7) is 4.69. The van der Waals surface area contributed by atoms with Crippen molar-refractivity contribution in [1.82, 2.24) is 9.80 Å². The van der Waals surface area contributed by atoms with Crippen LogP contribution in [0.2, 0.25) is 0 Å². The van der Waals surface area contributed by atoms with Crippen molar-refractivity contribution in [2.75, 3.05) is 26.2 Å². The molecular formula is C19H26N2O3. The first-order chi connectivity index (χ1) is 11.7. The monoisotopic (exact) mass is 330 g/mol. The Morgan fingerprint density at radius 3 is 2.54 bits per heavy atom. The average Bonchev–Trinajstić information content (AvgIpc) is 3.45. The molecular weight excluding hydrogens is 304 g/mol. The van der Waals surface area contributed by atoms with Crippen molar-refractivity contribution in [2.45, 2.75) is 44.7 Å². The lowest BCUT2D eigenvalue weighted by atomic mass is 10.0. The summed E-state index contributed by atoms with van der Waals surface area (Å²) in [4.78, 5) is 28.7. The summed E-state index contributed by atoms with van der Waals surface area (Å²) < 4.78 is 4.93. The first kappa shape index (κ1) is 17.0. The minimum absolute atomic E-state index is 0.0485. The third-order valence-corrected chi connectivity index (χ3v) is 4.83. The summed E-state index contributed by atoms with van der Waals surface area (Å²) in [5.74, 6) is -0.244. The zero-order valence-corrected chi connectivity index (χ0v) is 14.3. The number of carbonyl (C=O) groups excluding carboxylic acids is 2. The molecule has 1 heterocycles. The fourth-order valence-corrected chi connectivity index (χ4v) is 3.42. The Hall–Kier alpha value is -1.88. The molecule has 0 aromatic heterocycles. The quantitative estimate of drug-likeness (QED) is 0.752. The van der Waals surface area contributed by atoms with E-state index in [0.29, 0.717) is 12.6 Å². The maximum Gasteiger partial charge on any atom is 0.306 e. The fourth-order valence-electron chi connectivity index (χ4n) is 3.42. The summed E-state index contributed by atoms with van der Waals surface area (Å²) in [5.41, 5.74) is 1.17. The number of amides is 1. The third-order valence-electron chi connectivity index (χ3n) is 4.83. The van der Waals surface area contributed by atoms with Crippen molar-refractivity contribution in [3.8, 4) is 0 Å². The maximum atomic E-state index is 12.7. The first-order valence-corrected chi connectivity index (χ1v) is 8.93. The van der Waals surface area contributed by atoms with Crippen LogP contribution in [0.1, 0.15) is 44.2 Å². The lowest BCUT2D eigenvalue weighted by Crippen LogP contribution is -2.51. The van der Waals surface area contributed by atoms with Gasteiger partial charge >= 0.3 is 5.97 Å². The molecule has 0 radical (unpaired) electrons. The highest BCUT2D eigenvalue weighted by Crippen LogP contribution is 2.33. The zero-order chi connectivity index (χ0) is 16.9. The van der Waals surface area contributed by atoms with Gasteiger partial charge in [-0.25, -0.2) is 0 Å². The van der Waals surface area contributed by atoms with Crippen LogP contribution in [0, 0.1) is 0 Å². The van der Waals surface area contributed by atoms with Crippen LogP contribution in [-0.2, 0) is 14.3 Å². The second-order valence-electron chi connectivity index (χ2n) is 6.54. The molecule has 3 rings (SSSR count). The topological polar surface area (TPSA) is 49.9 Å². The van der Waals surface area contributed by atoms with Gasteiger partial charge in [0.25, 0.3) is 0 Å². The maximum absolute atomic E-state index is 12.7. The lowest BCUT2D eigenvalue weighted by molar-refractivity contribution is -0.147. The van der Waals surface area contributed by atoms with Gasteiger partial charge in [-0.15, -0.1) is 0 Å². The fraction of sp³-hybridized carbons (Fsp3) is 0.579. The number of carbonyl (C=O) groups is 2. The molecule has 1 saturated carbocycles. The smallest absolute Gasteiger partial charge is 0.306 e. The molecule has 1 aliphatic carbocycles. The van der Waals surface area contributed by atoms with Crippen molar-refractivity contribution in [1.29, 1.82) is 0 Å². The van der Waals surface area contributed by atoms with Crippen LogP contribution in [0.15, 0.2) is 30.3 Å². The van der Waals surface area contributed by atoms with Gasteiger partial charge in [0, 0.05) is 32.1 Å². The Kier molecular flexibility index (Phi) is 5.51. The Balaban J connectivity index is 1.67. The van der Waals surface area contributed by atoms with Gasteiger partial charge in [-0.3, -0.25) is 14.5 Å². The van der Waals surface area contributed by atoms with E-state index in [1.807, 2.05) is 23.1 Å². The highest BCUT2D eigenvalue weighted by atomic mass is 16.5. The van der Waals surface area contributed by atoms with Gasteiger partial charge in [-0.1, -0.05) is 30.3 Å². The summed E-state index contributed by atoms with van der Waals surface area (Å²) >= 11 is 0. The van der Waals surface area contributed by atoms with E-state index in [1.165, 1.54) is 18.4 Å². The number of benzene rings is 1. The van der Waals surface area contributed by atoms with Gasteiger partial charge in [0.1, 0.15) is 0 Å². The van der Waals surface area contributed by atoms with Crippen LogP contribution in [0.3, 0.4) is 0 Å². The number of hydrogen-bond acceptors (Lipinski definition) is 4. The molecule has 2 aliphatic rings. The molecule has 5 heteroatoms. The molecule has 1 aliphatic heterocycles. The SMILES string of the molecule is CCOC(=O)CCC(=O)N1CCN(C2CC2)CC1c1ccccc1. The highest BCUT2D eigenvalue weighted by Gasteiger charge is 2.37. The molecule has 1 aromatic carbocycles. The van der Waals surface area contributed by atoms with Crippen molar-refractivity contribution in [3.05, 3.63) is 35.9 Å². The number of nitrogens with zero attached hydrogens (tertiary/aromatic N) is 2. The molecule has 1 saturated heterocycles. The second kappa shape index (κ2) is 7.79. The minimum atomic E-state index is -0.293. The molecule has 1 amide bonds. The average molecular weight is 330 g/mol. The lowest BCUT2D eigenvalue weighted by Gasteiger charge is -2.42. The van der Waals surface area contributed by atoms with E-state index < -0.39 is 0 Å². The van der Waals surface area contributed by atoms with E-state index in [9.17, 15) is 9.59 Å². The van der Waals surface area contributed by atoms with Crippen LogP contribution in [0.25, 0.3) is 0 Å². The molecule has 24 heavy (non-hydrogen) atoms. The van der Waals surface area contributed by atoms with Crippen molar-refractivity contribution < 1.29 is 14.3 Å². The zero-order valence-electron chi connectivity index (χ0n) is 14.3. The van der Waals surface area contributed by atoms with Crippen molar-refractivity contribution >= 4 is 11.9 Å². The van der Waals surface area contributed by atoms with Crippen LogP contribution >= 0.6 is 0 Å². The largest absolute Gasteiger partial charge is 0.466 e. The predicted molar refractivity (Wildman–Crippen MR) is 91.4 cm³/mol. The van der Waals surface area contributed by atoms with E-state index in [-0.39, 0.29) is 30.8 Å². The van der Waals surface area contributed by atoms with Crippen molar-refractivity contribution in [3.63, 3.8) is 0 Å². The van der Waals surface area contributed by atoms with Crippen LogP contribution in [-0.4, -0.2) is 54.0 Å². The number of piperazine rings is 1. The normalized spacial score (nSPS) is 21.5. The van der Waals surface area contributed by atoms with Gasteiger partial charge in [-0.2, -0.15) is 0 Å². The highest BCUT2D eigenvalue weighted by molar-refractivity contribution is 5.81. The van der Waals surface area contributed by atoms with Crippen LogP contribution in [0.4, 0.5) is 0 Å². The molecule has 130 valence electrons. The minimum Gasteiger partial charge on any atom is -0.466 e. The number of ether oxygens (including phenoxy) is 1. The van der Waals surface area contributed by atoms with Gasteiger partial charge in [-0.05, 0) is 25.3 Å². The van der Waals surface area contributed by atoms with E-state index >= 15 is 0 Å². The Morgan fingerprint density at radius 1 is 1.12 bits per heavy atom. The first-order valence-electron chi connectivity index (χ1n) is 8.93. The Labute approximate surface area is 143 Å². The molecule has 1 unspecified atom stereocenters.